The molecule has 70 valence electrons. The molecule has 1 aromatic rings. The van der Waals surface area contributed by atoms with Crippen LogP contribution in [0.4, 0.5) is 0 Å². The number of ether oxygens (including phenoxy) is 1. The van der Waals surface area contributed by atoms with Crippen LogP contribution in [0.1, 0.15) is 0 Å². The molecule has 0 bridgehead atoms. The predicted molar refractivity (Wildman–Crippen MR) is 47.7 cm³/mol. The van der Waals surface area contributed by atoms with Gasteiger partial charge in [-0.2, -0.15) is 0 Å². The van der Waals surface area contributed by atoms with Gasteiger partial charge in [0.05, 0.1) is 6.54 Å². The van der Waals surface area contributed by atoms with Gasteiger partial charge in [-0.1, -0.05) is 6.07 Å². The van der Waals surface area contributed by atoms with Crippen LogP contribution in [-0.2, 0) is 4.79 Å². The van der Waals surface area contributed by atoms with Crippen LogP contribution in [0.5, 0.6) is 11.5 Å². The van der Waals surface area contributed by atoms with Gasteiger partial charge in [0.25, 0.3) is 0 Å². The summed E-state index contributed by atoms with van der Waals surface area (Å²) >= 11 is 0. The molecule has 0 aliphatic heterocycles. The summed E-state index contributed by atoms with van der Waals surface area (Å²) < 4.78 is 5.05. The molecule has 1 rings (SSSR count). The highest BCUT2D eigenvalue weighted by molar-refractivity contribution is 5.81. The van der Waals surface area contributed by atoms with Crippen LogP contribution in [0.25, 0.3) is 0 Å². The van der Waals surface area contributed by atoms with E-state index in [4.69, 9.17) is 15.6 Å². The first-order chi connectivity index (χ1) is 6.22. The second kappa shape index (κ2) is 4.47. The molecule has 0 aliphatic carbocycles. The maximum atomic E-state index is 10.8. The van der Waals surface area contributed by atoms with Crippen LogP contribution in [-0.4, -0.2) is 24.0 Å². The highest BCUT2D eigenvalue weighted by Gasteiger charge is 2.00. The fraction of sp³-hybridized carbons (Fsp3) is 0.222. The maximum Gasteiger partial charge on any atom is 0.183 e. The molecule has 0 saturated heterocycles. The lowest BCUT2D eigenvalue weighted by Gasteiger charge is -2.03. The van der Waals surface area contributed by atoms with Crippen molar-refractivity contribution in [3.63, 3.8) is 0 Å². The molecular formula is C9H11NO3. The Bertz CT molecular complexity index is 299. The van der Waals surface area contributed by atoms with E-state index in [1.807, 2.05) is 0 Å². The van der Waals surface area contributed by atoms with Crippen molar-refractivity contribution in [2.45, 2.75) is 0 Å². The fourth-order valence-electron chi connectivity index (χ4n) is 0.796. The van der Waals surface area contributed by atoms with Crippen LogP contribution >= 0.6 is 0 Å². The van der Waals surface area contributed by atoms with Gasteiger partial charge in [0.1, 0.15) is 18.1 Å². The number of rotatable bonds is 4. The van der Waals surface area contributed by atoms with E-state index in [2.05, 4.69) is 0 Å². The van der Waals surface area contributed by atoms with Crippen molar-refractivity contribution in [2.75, 3.05) is 13.2 Å². The standard InChI is InChI=1S/C9H11NO3/c10-5-8(12)6-13-9-3-1-2-7(11)4-9/h1-4,11H,5-6,10H2. The van der Waals surface area contributed by atoms with Crippen molar-refractivity contribution < 1.29 is 14.6 Å². The van der Waals surface area contributed by atoms with E-state index >= 15 is 0 Å². The molecule has 0 radical (unpaired) electrons. The van der Waals surface area contributed by atoms with Crippen LogP contribution in [0.3, 0.4) is 0 Å². The Labute approximate surface area is 75.9 Å². The molecule has 0 aliphatic rings. The first kappa shape index (κ1) is 9.54. The van der Waals surface area contributed by atoms with Crippen molar-refractivity contribution >= 4 is 5.78 Å². The van der Waals surface area contributed by atoms with Gasteiger partial charge in [-0.15, -0.1) is 0 Å². The van der Waals surface area contributed by atoms with Crippen LogP contribution in [0.15, 0.2) is 24.3 Å². The zero-order chi connectivity index (χ0) is 9.68. The predicted octanol–water partition coefficient (Wildman–Crippen LogP) is 0.299. The molecule has 0 amide bonds. The van der Waals surface area contributed by atoms with E-state index in [9.17, 15) is 4.79 Å². The van der Waals surface area contributed by atoms with Gasteiger partial charge in [0, 0.05) is 6.07 Å². The topological polar surface area (TPSA) is 72.6 Å². The molecule has 0 atom stereocenters. The fourth-order valence-corrected chi connectivity index (χ4v) is 0.796. The number of Topliss-reactive ketones (excluding diaryl/α,β-unsaturated/α-hetero) is 1. The summed E-state index contributed by atoms with van der Waals surface area (Å²) in [4.78, 5) is 10.8. The number of nitrogens with two attached hydrogens (primary N) is 1. The number of phenolic OH excluding ortho intramolecular Hbond substituents is 1. The number of hydrogen-bond donors (Lipinski definition) is 2. The molecule has 0 aromatic heterocycles. The van der Waals surface area contributed by atoms with Crippen molar-refractivity contribution in [3.8, 4) is 11.5 Å². The third-order valence-corrected chi connectivity index (χ3v) is 1.45. The summed E-state index contributed by atoms with van der Waals surface area (Å²) in [6.45, 7) is -0.0846. The highest BCUT2D eigenvalue weighted by atomic mass is 16.5. The number of carbonyl (C=O) groups excluding carboxylic acids is 1. The first-order valence-corrected chi connectivity index (χ1v) is 3.86. The summed E-state index contributed by atoms with van der Waals surface area (Å²) in [5.74, 6) is 0.392. The SMILES string of the molecule is NCC(=O)COc1cccc(O)c1. The second-order valence-corrected chi connectivity index (χ2v) is 2.53. The van der Waals surface area contributed by atoms with E-state index in [-0.39, 0.29) is 24.7 Å². The number of aromatic hydroxyl groups is 1. The Kier molecular flexibility index (Phi) is 3.28. The molecule has 0 heterocycles. The highest BCUT2D eigenvalue weighted by Crippen LogP contribution is 2.17. The van der Waals surface area contributed by atoms with E-state index in [1.165, 1.54) is 12.1 Å². The average Bonchev–Trinajstić information content (AvgIpc) is 2.14. The van der Waals surface area contributed by atoms with Crippen molar-refractivity contribution in [3.05, 3.63) is 24.3 Å². The quantitative estimate of drug-likeness (QED) is 0.700. The Morgan fingerprint density at radius 2 is 2.31 bits per heavy atom. The molecule has 0 spiro atoms. The zero-order valence-electron chi connectivity index (χ0n) is 7.06. The largest absolute Gasteiger partial charge is 0.508 e. The van der Waals surface area contributed by atoms with E-state index < -0.39 is 0 Å². The monoisotopic (exact) mass is 181 g/mol. The molecule has 4 nitrogen and oxygen atoms in total. The Morgan fingerprint density at radius 1 is 1.54 bits per heavy atom. The van der Waals surface area contributed by atoms with Crippen molar-refractivity contribution in [1.29, 1.82) is 0 Å². The summed E-state index contributed by atoms with van der Waals surface area (Å²) in [6, 6.07) is 6.25. The minimum Gasteiger partial charge on any atom is -0.508 e. The third kappa shape index (κ3) is 3.13. The lowest BCUT2D eigenvalue weighted by Crippen LogP contribution is -2.20. The molecular weight excluding hydrogens is 170 g/mol. The summed E-state index contributed by atoms with van der Waals surface area (Å²) in [6.07, 6.45) is 0. The first-order valence-electron chi connectivity index (χ1n) is 3.86. The minimum absolute atomic E-state index is 0.0290. The molecule has 13 heavy (non-hydrogen) atoms. The number of phenols is 1. The summed E-state index contributed by atoms with van der Waals surface area (Å²) in [7, 11) is 0. The molecule has 3 N–H and O–H groups in total. The van der Waals surface area contributed by atoms with Crippen LogP contribution in [0.2, 0.25) is 0 Å². The Balaban J connectivity index is 2.50. The van der Waals surface area contributed by atoms with E-state index in [0.717, 1.165) is 0 Å². The average molecular weight is 181 g/mol. The zero-order valence-corrected chi connectivity index (χ0v) is 7.06. The Morgan fingerprint density at radius 3 is 2.92 bits per heavy atom. The van der Waals surface area contributed by atoms with Crippen molar-refractivity contribution in [1.82, 2.24) is 0 Å². The van der Waals surface area contributed by atoms with E-state index in [1.54, 1.807) is 12.1 Å². The number of carbonyl (C=O) groups is 1. The normalized spacial score (nSPS) is 9.62. The minimum atomic E-state index is -0.177. The molecule has 0 fully saturated rings. The van der Waals surface area contributed by atoms with Gasteiger partial charge >= 0.3 is 0 Å². The third-order valence-electron chi connectivity index (χ3n) is 1.45. The van der Waals surface area contributed by atoms with Gasteiger partial charge in [0.2, 0.25) is 0 Å². The van der Waals surface area contributed by atoms with Gasteiger partial charge in [-0.05, 0) is 12.1 Å². The van der Waals surface area contributed by atoms with Gasteiger partial charge in [0.15, 0.2) is 5.78 Å². The van der Waals surface area contributed by atoms with Gasteiger partial charge < -0.3 is 15.6 Å². The van der Waals surface area contributed by atoms with Crippen molar-refractivity contribution in [2.24, 2.45) is 5.73 Å². The van der Waals surface area contributed by atoms with Gasteiger partial charge in [-0.25, -0.2) is 0 Å². The van der Waals surface area contributed by atoms with E-state index in [0.29, 0.717) is 5.75 Å². The number of hydrogen-bond acceptors (Lipinski definition) is 4. The smallest absolute Gasteiger partial charge is 0.183 e. The second-order valence-electron chi connectivity index (χ2n) is 2.53. The lowest BCUT2D eigenvalue weighted by molar-refractivity contribution is -0.119. The molecule has 0 unspecified atom stereocenters. The molecule has 4 heteroatoms. The molecule has 0 saturated carbocycles. The number of ketones is 1. The summed E-state index contributed by atoms with van der Waals surface area (Å²) in [5, 5.41) is 9.05. The van der Waals surface area contributed by atoms with Crippen LogP contribution < -0.4 is 10.5 Å². The number of benzene rings is 1. The Hall–Kier alpha value is -1.55. The van der Waals surface area contributed by atoms with Crippen LogP contribution in [0, 0.1) is 0 Å². The lowest BCUT2D eigenvalue weighted by atomic mass is 10.3. The van der Waals surface area contributed by atoms with Gasteiger partial charge in [-0.3, -0.25) is 4.79 Å². The maximum absolute atomic E-state index is 10.8. The summed E-state index contributed by atoms with van der Waals surface area (Å²) in [5.41, 5.74) is 5.09. The molecule has 1 aromatic carbocycles.